The molecule has 2 rings (SSSR count). The first-order valence-corrected chi connectivity index (χ1v) is 7.23. The largest absolute Gasteiger partial charge is 0.379 e. The fraction of sp³-hybridized carbons (Fsp3) is 0.308. The van der Waals surface area contributed by atoms with Gasteiger partial charge in [0.2, 0.25) is 0 Å². The molecule has 0 bridgehead atoms. The van der Waals surface area contributed by atoms with E-state index in [1.807, 2.05) is 6.20 Å². The molecule has 0 saturated carbocycles. The Labute approximate surface area is 114 Å². The summed E-state index contributed by atoms with van der Waals surface area (Å²) in [6, 6.07) is 6.31. The van der Waals surface area contributed by atoms with Gasteiger partial charge in [-0.15, -0.1) is 11.3 Å². The number of nitrogens with zero attached hydrogens (tertiary/aromatic N) is 1. The van der Waals surface area contributed by atoms with Crippen molar-refractivity contribution in [2.45, 2.75) is 26.8 Å². The summed E-state index contributed by atoms with van der Waals surface area (Å²) in [5.74, 6) is 0. The van der Waals surface area contributed by atoms with Crippen molar-refractivity contribution < 1.29 is 0 Å². The Morgan fingerprint density at radius 3 is 2.94 bits per heavy atom. The maximum Gasteiger partial charge on any atom is 0.0925 e. The van der Waals surface area contributed by atoms with Crippen molar-refractivity contribution in [1.82, 2.24) is 4.98 Å². The number of halogens is 1. The lowest BCUT2D eigenvalue weighted by Crippen LogP contribution is -1.98. The first-order valence-electron chi connectivity index (χ1n) is 5.62. The van der Waals surface area contributed by atoms with Crippen molar-refractivity contribution in [2.75, 3.05) is 5.32 Å². The van der Waals surface area contributed by atoms with Gasteiger partial charge in [-0.3, -0.25) is 0 Å². The molecule has 0 aliphatic rings. The molecule has 0 amide bonds. The molecule has 1 aromatic heterocycles. The Morgan fingerprint density at radius 1 is 1.41 bits per heavy atom. The predicted octanol–water partition coefficient (Wildman–Crippen LogP) is 4.39. The quantitative estimate of drug-likeness (QED) is 0.906. The lowest BCUT2D eigenvalue weighted by atomic mass is 10.2. The van der Waals surface area contributed by atoms with Crippen molar-refractivity contribution in [3.63, 3.8) is 0 Å². The van der Waals surface area contributed by atoms with Gasteiger partial charge in [0.15, 0.2) is 0 Å². The van der Waals surface area contributed by atoms with Crippen molar-refractivity contribution >= 4 is 33.0 Å². The Morgan fingerprint density at radius 2 is 2.24 bits per heavy atom. The molecule has 0 aliphatic carbocycles. The van der Waals surface area contributed by atoms with Gasteiger partial charge in [0.25, 0.3) is 0 Å². The summed E-state index contributed by atoms with van der Waals surface area (Å²) in [6.07, 6.45) is 2.97. The number of rotatable bonds is 4. The van der Waals surface area contributed by atoms with Gasteiger partial charge in [0, 0.05) is 21.2 Å². The molecule has 17 heavy (non-hydrogen) atoms. The molecule has 1 aromatic carbocycles. The summed E-state index contributed by atoms with van der Waals surface area (Å²) in [7, 11) is 0. The summed E-state index contributed by atoms with van der Waals surface area (Å²) in [6.45, 7) is 5.06. The summed E-state index contributed by atoms with van der Waals surface area (Å²) < 4.78 is 1.10. The van der Waals surface area contributed by atoms with E-state index in [1.54, 1.807) is 11.3 Å². The van der Waals surface area contributed by atoms with Crippen LogP contribution in [0.25, 0.3) is 0 Å². The van der Waals surface area contributed by atoms with Crippen molar-refractivity contribution in [1.29, 1.82) is 0 Å². The van der Waals surface area contributed by atoms with E-state index in [0.29, 0.717) is 0 Å². The summed E-state index contributed by atoms with van der Waals surface area (Å²) in [4.78, 5) is 5.63. The molecule has 0 saturated heterocycles. The van der Waals surface area contributed by atoms with E-state index < -0.39 is 0 Å². The third-order valence-corrected chi connectivity index (χ3v) is 4.31. The van der Waals surface area contributed by atoms with E-state index in [-0.39, 0.29) is 0 Å². The van der Waals surface area contributed by atoms with Crippen LogP contribution >= 0.6 is 27.3 Å². The van der Waals surface area contributed by atoms with E-state index in [9.17, 15) is 0 Å². The van der Waals surface area contributed by atoms with Crippen LogP contribution < -0.4 is 5.32 Å². The van der Waals surface area contributed by atoms with Gasteiger partial charge in [0.1, 0.15) is 0 Å². The molecule has 2 nitrogen and oxygen atoms in total. The minimum absolute atomic E-state index is 0.833. The molecule has 90 valence electrons. The Kier molecular flexibility index (Phi) is 4.18. The number of hydrogen-bond donors (Lipinski definition) is 1. The highest BCUT2D eigenvalue weighted by molar-refractivity contribution is 9.10. The monoisotopic (exact) mass is 310 g/mol. The fourth-order valence-electron chi connectivity index (χ4n) is 1.55. The standard InChI is InChI=1S/C13H15BrN2S/c1-3-13-16-8-10(17-13)7-15-12-6-9(2)4-5-11(12)14/h4-6,8,15H,3,7H2,1-2H3. The zero-order valence-corrected chi connectivity index (χ0v) is 12.4. The van der Waals surface area contributed by atoms with Crippen molar-refractivity contribution in [3.05, 3.63) is 44.3 Å². The molecule has 0 aliphatic heterocycles. The number of aromatic nitrogens is 1. The lowest BCUT2D eigenvalue weighted by molar-refractivity contribution is 1.09. The number of hydrogen-bond acceptors (Lipinski definition) is 3. The molecule has 2 aromatic rings. The summed E-state index contributed by atoms with van der Waals surface area (Å²) >= 11 is 5.32. The molecular weight excluding hydrogens is 296 g/mol. The molecular formula is C13H15BrN2S. The predicted molar refractivity (Wildman–Crippen MR) is 77.7 cm³/mol. The van der Waals surface area contributed by atoms with Gasteiger partial charge < -0.3 is 5.32 Å². The fourth-order valence-corrected chi connectivity index (χ4v) is 2.74. The zero-order valence-electron chi connectivity index (χ0n) is 9.96. The summed E-state index contributed by atoms with van der Waals surface area (Å²) in [5, 5.41) is 4.63. The van der Waals surface area contributed by atoms with E-state index >= 15 is 0 Å². The average molecular weight is 311 g/mol. The third-order valence-electron chi connectivity index (χ3n) is 2.48. The molecule has 0 fully saturated rings. The molecule has 0 radical (unpaired) electrons. The first-order chi connectivity index (χ1) is 8.19. The molecule has 0 atom stereocenters. The second-order valence-electron chi connectivity index (χ2n) is 3.91. The Bertz CT molecular complexity index is 508. The van der Waals surface area contributed by atoms with E-state index in [1.165, 1.54) is 15.4 Å². The third kappa shape index (κ3) is 3.30. The molecule has 0 unspecified atom stereocenters. The first kappa shape index (κ1) is 12.6. The highest BCUT2D eigenvalue weighted by Gasteiger charge is 2.02. The van der Waals surface area contributed by atoms with E-state index in [0.717, 1.165) is 23.1 Å². The minimum Gasteiger partial charge on any atom is -0.379 e. The SMILES string of the molecule is CCc1ncc(CNc2cc(C)ccc2Br)s1. The van der Waals surface area contributed by atoms with E-state index in [4.69, 9.17) is 0 Å². The molecule has 4 heteroatoms. The highest BCUT2D eigenvalue weighted by Crippen LogP contribution is 2.24. The Balaban J connectivity index is 2.04. The molecule has 0 spiro atoms. The van der Waals surface area contributed by atoms with Gasteiger partial charge in [-0.05, 0) is 47.0 Å². The van der Waals surface area contributed by atoms with Crippen LogP contribution in [0.1, 0.15) is 22.4 Å². The van der Waals surface area contributed by atoms with Crippen LogP contribution in [0.2, 0.25) is 0 Å². The smallest absolute Gasteiger partial charge is 0.0925 e. The number of nitrogens with one attached hydrogen (secondary N) is 1. The topological polar surface area (TPSA) is 24.9 Å². The van der Waals surface area contributed by atoms with Gasteiger partial charge in [0.05, 0.1) is 11.6 Å². The number of thiazole rings is 1. The number of benzene rings is 1. The van der Waals surface area contributed by atoms with Crippen molar-refractivity contribution in [3.8, 4) is 0 Å². The average Bonchev–Trinajstić information content (AvgIpc) is 2.78. The zero-order chi connectivity index (χ0) is 12.3. The van der Waals surface area contributed by atoms with Gasteiger partial charge in [-0.2, -0.15) is 0 Å². The second-order valence-corrected chi connectivity index (χ2v) is 5.96. The number of aryl methyl sites for hydroxylation is 2. The summed E-state index contributed by atoms with van der Waals surface area (Å²) in [5.41, 5.74) is 2.39. The molecule has 1 heterocycles. The maximum absolute atomic E-state index is 4.35. The van der Waals surface area contributed by atoms with E-state index in [2.05, 4.69) is 58.3 Å². The highest BCUT2D eigenvalue weighted by atomic mass is 79.9. The normalized spacial score (nSPS) is 10.5. The van der Waals surface area contributed by atoms with Crippen LogP contribution in [-0.2, 0) is 13.0 Å². The van der Waals surface area contributed by atoms with Crippen LogP contribution in [0.15, 0.2) is 28.9 Å². The second kappa shape index (κ2) is 5.65. The number of anilines is 1. The minimum atomic E-state index is 0.833. The lowest BCUT2D eigenvalue weighted by Gasteiger charge is -2.07. The van der Waals surface area contributed by atoms with Gasteiger partial charge >= 0.3 is 0 Å². The van der Waals surface area contributed by atoms with Gasteiger partial charge in [-0.1, -0.05) is 13.0 Å². The maximum atomic E-state index is 4.35. The van der Waals surface area contributed by atoms with Crippen LogP contribution in [0, 0.1) is 6.92 Å². The van der Waals surface area contributed by atoms with Crippen LogP contribution in [-0.4, -0.2) is 4.98 Å². The van der Waals surface area contributed by atoms with Gasteiger partial charge in [-0.25, -0.2) is 4.98 Å². The van der Waals surface area contributed by atoms with Crippen molar-refractivity contribution in [2.24, 2.45) is 0 Å². The van der Waals surface area contributed by atoms with Crippen LogP contribution in [0.3, 0.4) is 0 Å². The van der Waals surface area contributed by atoms with Crippen LogP contribution in [0.4, 0.5) is 5.69 Å². The Hall–Kier alpha value is -0.870. The molecule has 1 N–H and O–H groups in total. The van der Waals surface area contributed by atoms with Crippen LogP contribution in [0.5, 0.6) is 0 Å².